The lowest BCUT2D eigenvalue weighted by Gasteiger charge is -2.16. The van der Waals surface area contributed by atoms with Crippen LogP contribution in [0.25, 0.3) is 10.9 Å². The van der Waals surface area contributed by atoms with Crippen LogP contribution in [-0.4, -0.2) is 21.8 Å². The van der Waals surface area contributed by atoms with Crippen LogP contribution < -0.4 is 5.43 Å². The van der Waals surface area contributed by atoms with Gasteiger partial charge in [0, 0.05) is 11.5 Å². The summed E-state index contributed by atoms with van der Waals surface area (Å²) in [6.07, 6.45) is -4.71. The third-order valence-electron chi connectivity index (χ3n) is 2.63. The van der Waals surface area contributed by atoms with Gasteiger partial charge in [-0.15, -0.1) is 0 Å². The normalized spacial score (nSPS) is 11.8. The first-order valence-corrected chi connectivity index (χ1v) is 5.32. The van der Waals surface area contributed by atoms with Gasteiger partial charge in [-0.25, -0.2) is 9.18 Å². The fraction of sp³-hybridized carbons (Fsp3) is 0.167. The van der Waals surface area contributed by atoms with Crippen LogP contribution in [0.4, 0.5) is 17.6 Å². The molecule has 0 fully saturated rings. The van der Waals surface area contributed by atoms with Crippen molar-refractivity contribution in [3.8, 4) is 0 Å². The largest absolute Gasteiger partial charge is 0.477 e. The Morgan fingerprint density at radius 1 is 1.25 bits per heavy atom. The molecule has 0 bridgehead atoms. The summed E-state index contributed by atoms with van der Waals surface area (Å²) in [5.74, 6) is -2.56. The number of pyridine rings is 1. The van der Waals surface area contributed by atoms with Gasteiger partial charge >= 0.3 is 12.1 Å². The zero-order chi connectivity index (χ0) is 15.1. The van der Waals surface area contributed by atoms with E-state index in [4.69, 9.17) is 5.11 Å². The van der Waals surface area contributed by atoms with E-state index in [9.17, 15) is 27.2 Å². The third-order valence-corrected chi connectivity index (χ3v) is 2.63. The highest BCUT2D eigenvalue weighted by atomic mass is 19.4. The van der Waals surface area contributed by atoms with Crippen LogP contribution in [0.2, 0.25) is 0 Å². The average molecular weight is 289 g/mol. The maximum Gasteiger partial charge on any atom is 0.406 e. The van der Waals surface area contributed by atoms with Crippen LogP contribution in [0, 0.1) is 5.82 Å². The second-order valence-corrected chi connectivity index (χ2v) is 4.06. The lowest BCUT2D eigenvalue weighted by Crippen LogP contribution is -2.25. The summed E-state index contributed by atoms with van der Waals surface area (Å²) in [5, 5.41) is 8.71. The summed E-state index contributed by atoms with van der Waals surface area (Å²) in [7, 11) is 0. The Kier molecular flexibility index (Phi) is 3.24. The van der Waals surface area contributed by atoms with Crippen LogP contribution in [0.3, 0.4) is 0 Å². The van der Waals surface area contributed by atoms with Crippen LogP contribution in [0.1, 0.15) is 10.5 Å². The Labute approximate surface area is 108 Å². The quantitative estimate of drug-likeness (QED) is 0.864. The molecule has 8 heteroatoms. The summed E-state index contributed by atoms with van der Waals surface area (Å²) in [6.45, 7) is -1.63. The number of hydrogen-bond donors (Lipinski definition) is 1. The van der Waals surface area contributed by atoms with Crippen LogP contribution in [0.5, 0.6) is 0 Å². The first kappa shape index (κ1) is 14.0. The molecule has 0 spiro atoms. The third kappa shape index (κ3) is 2.63. The zero-order valence-electron chi connectivity index (χ0n) is 9.74. The number of nitrogens with zero attached hydrogens (tertiary/aromatic N) is 1. The SMILES string of the molecule is O=C(O)c1cc(=O)c2ccc(F)cc2n1CC(F)(F)F. The van der Waals surface area contributed by atoms with Crippen LogP contribution >= 0.6 is 0 Å². The molecule has 1 aromatic heterocycles. The maximum atomic E-state index is 13.2. The standard InChI is InChI=1S/C12H7F4NO3/c13-6-1-2-7-8(3-6)17(5-12(14,15)16)9(11(19)20)4-10(7)18/h1-4H,5H2,(H,19,20). The van der Waals surface area contributed by atoms with Gasteiger partial charge in [0.2, 0.25) is 0 Å². The molecule has 106 valence electrons. The first-order chi connectivity index (χ1) is 9.19. The van der Waals surface area contributed by atoms with Crippen molar-refractivity contribution in [1.29, 1.82) is 0 Å². The van der Waals surface area contributed by atoms with E-state index in [0.717, 1.165) is 12.1 Å². The van der Waals surface area contributed by atoms with Gasteiger partial charge in [0.25, 0.3) is 0 Å². The van der Waals surface area contributed by atoms with Gasteiger partial charge in [0.05, 0.1) is 5.52 Å². The Morgan fingerprint density at radius 3 is 2.45 bits per heavy atom. The van der Waals surface area contributed by atoms with Gasteiger partial charge in [0.1, 0.15) is 18.1 Å². The fourth-order valence-corrected chi connectivity index (χ4v) is 1.87. The van der Waals surface area contributed by atoms with E-state index in [-0.39, 0.29) is 5.39 Å². The lowest BCUT2D eigenvalue weighted by molar-refractivity contribution is -0.140. The fourth-order valence-electron chi connectivity index (χ4n) is 1.87. The predicted octanol–water partition coefficient (Wildman–Crippen LogP) is 2.40. The van der Waals surface area contributed by atoms with Gasteiger partial charge in [0.15, 0.2) is 5.43 Å². The number of benzene rings is 1. The minimum Gasteiger partial charge on any atom is -0.477 e. The van der Waals surface area contributed by atoms with E-state index in [0.29, 0.717) is 16.7 Å². The molecule has 1 aromatic carbocycles. The van der Waals surface area contributed by atoms with Crippen molar-refractivity contribution in [1.82, 2.24) is 4.57 Å². The second kappa shape index (κ2) is 4.62. The molecule has 0 saturated heterocycles. The van der Waals surface area contributed by atoms with Gasteiger partial charge in [-0.1, -0.05) is 0 Å². The zero-order valence-corrected chi connectivity index (χ0v) is 9.74. The topological polar surface area (TPSA) is 59.3 Å². The molecule has 1 heterocycles. The minimum atomic E-state index is -4.71. The Hall–Kier alpha value is -2.38. The van der Waals surface area contributed by atoms with Crippen LogP contribution in [0.15, 0.2) is 29.1 Å². The molecule has 0 unspecified atom stereocenters. The summed E-state index contributed by atoms with van der Waals surface area (Å²) >= 11 is 0. The highest BCUT2D eigenvalue weighted by Crippen LogP contribution is 2.22. The number of hydrogen-bond acceptors (Lipinski definition) is 2. The van der Waals surface area contributed by atoms with E-state index >= 15 is 0 Å². The lowest BCUT2D eigenvalue weighted by atomic mass is 10.1. The molecule has 2 rings (SSSR count). The second-order valence-electron chi connectivity index (χ2n) is 4.06. The van der Waals surface area contributed by atoms with Crippen molar-refractivity contribution in [2.75, 3.05) is 0 Å². The van der Waals surface area contributed by atoms with Gasteiger partial charge < -0.3 is 9.67 Å². The number of carboxylic acids is 1. The molecule has 0 saturated carbocycles. The van der Waals surface area contributed by atoms with Crippen LogP contribution in [-0.2, 0) is 6.54 Å². The number of halogens is 4. The minimum absolute atomic E-state index is 0.180. The number of aromatic carboxylic acids is 1. The monoisotopic (exact) mass is 289 g/mol. The highest BCUT2D eigenvalue weighted by molar-refractivity contribution is 5.90. The number of fused-ring (bicyclic) bond motifs is 1. The Bertz CT molecular complexity index is 749. The van der Waals surface area contributed by atoms with Crippen molar-refractivity contribution in [3.63, 3.8) is 0 Å². The van der Waals surface area contributed by atoms with E-state index in [1.165, 1.54) is 0 Å². The number of alkyl halides is 3. The summed E-state index contributed by atoms with van der Waals surface area (Å²) in [5.41, 5.74) is -2.03. The maximum absolute atomic E-state index is 13.2. The molecular weight excluding hydrogens is 282 g/mol. The van der Waals surface area contributed by atoms with Gasteiger partial charge in [-0.3, -0.25) is 4.79 Å². The highest BCUT2D eigenvalue weighted by Gasteiger charge is 2.30. The van der Waals surface area contributed by atoms with Crippen molar-refractivity contribution in [2.45, 2.75) is 12.7 Å². The molecule has 0 aliphatic heterocycles. The van der Waals surface area contributed by atoms with Crippen molar-refractivity contribution < 1.29 is 27.5 Å². The molecule has 0 atom stereocenters. The van der Waals surface area contributed by atoms with E-state index in [1.54, 1.807) is 0 Å². The summed E-state index contributed by atoms with van der Waals surface area (Å²) in [4.78, 5) is 22.6. The molecule has 0 aliphatic carbocycles. The Morgan fingerprint density at radius 2 is 1.90 bits per heavy atom. The van der Waals surface area contributed by atoms with E-state index in [2.05, 4.69) is 0 Å². The van der Waals surface area contributed by atoms with E-state index < -0.39 is 41.1 Å². The number of rotatable bonds is 2. The van der Waals surface area contributed by atoms with E-state index in [1.807, 2.05) is 0 Å². The molecule has 0 aliphatic rings. The number of carboxylic acid groups (broad SMARTS) is 1. The van der Waals surface area contributed by atoms with Crippen molar-refractivity contribution in [2.24, 2.45) is 0 Å². The van der Waals surface area contributed by atoms with Gasteiger partial charge in [-0.2, -0.15) is 13.2 Å². The number of aromatic nitrogens is 1. The molecule has 1 N–H and O–H groups in total. The molecular formula is C12H7F4NO3. The average Bonchev–Trinajstić information content (AvgIpc) is 2.30. The molecule has 4 nitrogen and oxygen atoms in total. The van der Waals surface area contributed by atoms with Crippen molar-refractivity contribution in [3.05, 3.63) is 46.0 Å². The Balaban J connectivity index is 2.88. The number of carbonyl (C=O) groups is 1. The van der Waals surface area contributed by atoms with Gasteiger partial charge in [-0.05, 0) is 18.2 Å². The molecule has 0 radical (unpaired) electrons. The molecule has 0 amide bonds. The molecule has 20 heavy (non-hydrogen) atoms. The smallest absolute Gasteiger partial charge is 0.406 e. The molecule has 2 aromatic rings. The van der Waals surface area contributed by atoms with Crippen molar-refractivity contribution >= 4 is 16.9 Å². The summed E-state index contributed by atoms with van der Waals surface area (Å²) in [6, 6.07) is 3.23. The summed E-state index contributed by atoms with van der Waals surface area (Å²) < 4.78 is 51.1. The predicted molar refractivity (Wildman–Crippen MR) is 61.2 cm³/mol. The first-order valence-electron chi connectivity index (χ1n) is 5.32.